The standard InChI is InChI=1S/C13H10F3N3O/c1-2-12(20)19-9-3-4-10(8(6-17)7-18)11(5-9)13(14,15)16/h3-5,8H,2H2,1H3,(H,19,20). The largest absolute Gasteiger partial charge is 0.416 e. The molecule has 1 N–H and O–H groups in total. The summed E-state index contributed by atoms with van der Waals surface area (Å²) in [5.74, 6) is -1.94. The van der Waals surface area contributed by atoms with Crippen LogP contribution in [-0.4, -0.2) is 5.91 Å². The number of nitrogens with one attached hydrogen (secondary N) is 1. The van der Waals surface area contributed by atoms with Crippen LogP contribution in [0.1, 0.15) is 30.4 Å². The van der Waals surface area contributed by atoms with E-state index in [9.17, 15) is 18.0 Å². The molecule has 1 aromatic rings. The van der Waals surface area contributed by atoms with Crippen LogP contribution in [0.4, 0.5) is 18.9 Å². The van der Waals surface area contributed by atoms with Gasteiger partial charge in [-0.1, -0.05) is 13.0 Å². The van der Waals surface area contributed by atoms with E-state index in [-0.39, 0.29) is 12.1 Å². The molecule has 4 nitrogen and oxygen atoms in total. The van der Waals surface area contributed by atoms with Gasteiger partial charge in [-0.3, -0.25) is 4.79 Å². The maximum absolute atomic E-state index is 12.9. The highest BCUT2D eigenvalue weighted by molar-refractivity contribution is 5.90. The van der Waals surface area contributed by atoms with Crippen molar-refractivity contribution in [3.63, 3.8) is 0 Å². The zero-order valence-electron chi connectivity index (χ0n) is 10.5. The van der Waals surface area contributed by atoms with Gasteiger partial charge in [0, 0.05) is 12.1 Å². The molecule has 0 fully saturated rings. The molecule has 0 aliphatic heterocycles. The van der Waals surface area contributed by atoms with Gasteiger partial charge < -0.3 is 5.32 Å². The molecule has 7 heteroatoms. The van der Waals surface area contributed by atoms with Gasteiger partial charge in [0.2, 0.25) is 5.91 Å². The minimum atomic E-state index is -4.71. The molecule has 0 unspecified atom stereocenters. The summed E-state index contributed by atoms with van der Waals surface area (Å²) in [5.41, 5.74) is -1.54. The van der Waals surface area contributed by atoms with Crippen LogP contribution in [-0.2, 0) is 11.0 Å². The number of nitrogens with zero attached hydrogens (tertiary/aromatic N) is 2. The van der Waals surface area contributed by atoms with Crippen LogP contribution in [0.5, 0.6) is 0 Å². The van der Waals surface area contributed by atoms with Crippen molar-refractivity contribution < 1.29 is 18.0 Å². The van der Waals surface area contributed by atoms with Crippen LogP contribution in [0.25, 0.3) is 0 Å². The van der Waals surface area contributed by atoms with Crippen molar-refractivity contribution in [3.8, 4) is 12.1 Å². The number of carbonyl (C=O) groups excluding carboxylic acids is 1. The van der Waals surface area contributed by atoms with Crippen LogP contribution < -0.4 is 5.32 Å². The molecule has 0 heterocycles. The molecule has 20 heavy (non-hydrogen) atoms. The summed E-state index contributed by atoms with van der Waals surface area (Å²) < 4.78 is 38.8. The second-order valence-corrected chi connectivity index (χ2v) is 3.89. The molecule has 0 aromatic heterocycles. The molecule has 1 rings (SSSR count). The highest BCUT2D eigenvalue weighted by Gasteiger charge is 2.35. The average molecular weight is 281 g/mol. The topological polar surface area (TPSA) is 76.7 Å². The van der Waals surface area contributed by atoms with Gasteiger partial charge in [0.15, 0.2) is 5.92 Å². The van der Waals surface area contributed by atoms with E-state index in [4.69, 9.17) is 10.5 Å². The molecule has 0 atom stereocenters. The van der Waals surface area contributed by atoms with E-state index in [1.165, 1.54) is 18.2 Å². The lowest BCUT2D eigenvalue weighted by molar-refractivity contribution is -0.138. The van der Waals surface area contributed by atoms with Crippen molar-refractivity contribution in [2.75, 3.05) is 5.32 Å². The molecule has 1 amide bonds. The number of benzene rings is 1. The van der Waals surface area contributed by atoms with Gasteiger partial charge in [-0.05, 0) is 17.7 Å². The Morgan fingerprint density at radius 2 is 1.95 bits per heavy atom. The first-order chi connectivity index (χ1) is 9.33. The summed E-state index contributed by atoms with van der Waals surface area (Å²) >= 11 is 0. The van der Waals surface area contributed by atoms with E-state index >= 15 is 0 Å². The summed E-state index contributed by atoms with van der Waals surface area (Å²) in [7, 11) is 0. The summed E-state index contributed by atoms with van der Waals surface area (Å²) in [5, 5.41) is 19.7. The molecule has 0 radical (unpaired) electrons. The van der Waals surface area contributed by atoms with E-state index < -0.39 is 29.1 Å². The molecular formula is C13H10F3N3O. The van der Waals surface area contributed by atoms with Crippen molar-refractivity contribution in [2.45, 2.75) is 25.4 Å². The summed E-state index contributed by atoms with van der Waals surface area (Å²) in [6.45, 7) is 1.57. The van der Waals surface area contributed by atoms with E-state index in [1.54, 1.807) is 6.92 Å². The maximum atomic E-state index is 12.9. The zero-order chi connectivity index (χ0) is 15.3. The van der Waals surface area contributed by atoms with Gasteiger partial charge in [-0.15, -0.1) is 0 Å². The lowest BCUT2D eigenvalue weighted by Gasteiger charge is -2.15. The van der Waals surface area contributed by atoms with Crippen molar-refractivity contribution in [2.24, 2.45) is 0 Å². The minimum Gasteiger partial charge on any atom is -0.326 e. The smallest absolute Gasteiger partial charge is 0.326 e. The van der Waals surface area contributed by atoms with Gasteiger partial charge in [-0.2, -0.15) is 23.7 Å². The molecular weight excluding hydrogens is 271 g/mol. The Morgan fingerprint density at radius 3 is 2.40 bits per heavy atom. The summed E-state index contributed by atoms with van der Waals surface area (Å²) in [4.78, 5) is 11.2. The lowest BCUT2D eigenvalue weighted by Crippen LogP contribution is -2.14. The predicted octanol–water partition coefficient (Wildman–Crippen LogP) is 3.18. The van der Waals surface area contributed by atoms with E-state index in [1.807, 2.05) is 0 Å². The molecule has 0 bridgehead atoms. The third-order valence-corrected chi connectivity index (χ3v) is 2.53. The third kappa shape index (κ3) is 3.48. The first-order valence-corrected chi connectivity index (χ1v) is 5.63. The second kappa shape index (κ2) is 6.07. The molecule has 104 valence electrons. The van der Waals surface area contributed by atoms with E-state index in [2.05, 4.69) is 5.32 Å². The Labute approximate surface area is 113 Å². The molecule has 0 spiro atoms. The number of hydrogen-bond donors (Lipinski definition) is 1. The highest BCUT2D eigenvalue weighted by Crippen LogP contribution is 2.36. The third-order valence-electron chi connectivity index (χ3n) is 2.53. The lowest BCUT2D eigenvalue weighted by atomic mass is 9.95. The SMILES string of the molecule is CCC(=O)Nc1ccc(C(C#N)C#N)c(C(F)(F)F)c1. The number of nitriles is 2. The first-order valence-electron chi connectivity index (χ1n) is 5.63. The van der Waals surface area contributed by atoms with Crippen LogP contribution in [0.15, 0.2) is 18.2 Å². The van der Waals surface area contributed by atoms with Gasteiger partial charge in [-0.25, -0.2) is 0 Å². The Hall–Kier alpha value is -2.54. The molecule has 0 saturated carbocycles. The van der Waals surface area contributed by atoms with Gasteiger partial charge in [0.1, 0.15) is 0 Å². The highest BCUT2D eigenvalue weighted by atomic mass is 19.4. The number of amides is 1. The van der Waals surface area contributed by atoms with Gasteiger partial charge >= 0.3 is 6.18 Å². The minimum absolute atomic E-state index is 0.0254. The molecule has 0 aliphatic rings. The zero-order valence-corrected chi connectivity index (χ0v) is 10.5. The number of rotatable bonds is 3. The Bertz CT molecular complexity index is 582. The van der Waals surface area contributed by atoms with Gasteiger partial charge in [0.25, 0.3) is 0 Å². The first kappa shape index (κ1) is 15.5. The van der Waals surface area contributed by atoms with Crippen molar-refractivity contribution in [1.29, 1.82) is 10.5 Å². The molecule has 0 saturated heterocycles. The van der Waals surface area contributed by atoms with Crippen LogP contribution in [0.2, 0.25) is 0 Å². The molecule has 1 aromatic carbocycles. The number of carbonyl (C=O) groups is 1. The maximum Gasteiger partial charge on any atom is 0.416 e. The quantitative estimate of drug-likeness (QED) is 0.924. The van der Waals surface area contributed by atoms with E-state index in [0.717, 1.165) is 12.1 Å². The normalized spacial score (nSPS) is 10.8. The van der Waals surface area contributed by atoms with Crippen molar-refractivity contribution >= 4 is 11.6 Å². The van der Waals surface area contributed by atoms with Crippen molar-refractivity contribution in [3.05, 3.63) is 29.3 Å². The van der Waals surface area contributed by atoms with Gasteiger partial charge in [0.05, 0.1) is 17.7 Å². The predicted molar refractivity (Wildman–Crippen MR) is 64.3 cm³/mol. The number of halogens is 3. The number of hydrogen-bond acceptors (Lipinski definition) is 3. The average Bonchev–Trinajstić information content (AvgIpc) is 2.40. The fourth-order valence-electron chi connectivity index (χ4n) is 1.55. The molecule has 0 aliphatic carbocycles. The Morgan fingerprint density at radius 1 is 1.35 bits per heavy atom. The Balaban J connectivity index is 3.32. The van der Waals surface area contributed by atoms with Crippen LogP contribution in [0, 0.1) is 22.7 Å². The van der Waals surface area contributed by atoms with Crippen LogP contribution in [0.3, 0.4) is 0 Å². The number of alkyl halides is 3. The fourth-order valence-corrected chi connectivity index (χ4v) is 1.55. The number of anilines is 1. The van der Waals surface area contributed by atoms with Crippen molar-refractivity contribution in [1.82, 2.24) is 0 Å². The summed E-state index contributed by atoms with van der Waals surface area (Å²) in [6.07, 6.45) is -4.59. The summed E-state index contributed by atoms with van der Waals surface area (Å²) in [6, 6.07) is 6.00. The second-order valence-electron chi connectivity index (χ2n) is 3.89. The fraction of sp³-hybridized carbons (Fsp3) is 0.308. The Kier molecular flexibility index (Phi) is 4.71. The monoisotopic (exact) mass is 281 g/mol. The van der Waals surface area contributed by atoms with E-state index in [0.29, 0.717) is 0 Å². The van der Waals surface area contributed by atoms with Crippen LogP contribution >= 0.6 is 0 Å².